The second-order valence-corrected chi connectivity index (χ2v) is 10.9. The first-order valence-electron chi connectivity index (χ1n) is 11.5. The smallest absolute Gasteiger partial charge is 0.281 e. The molecule has 8 nitrogen and oxygen atoms in total. The van der Waals surface area contributed by atoms with Gasteiger partial charge in [-0.3, -0.25) is 4.79 Å². The Bertz CT molecular complexity index is 1070. The zero-order valence-electron chi connectivity index (χ0n) is 19.9. The van der Waals surface area contributed by atoms with Gasteiger partial charge in [0, 0.05) is 24.3 Å². The quantitative estimate of drug-likeness (QED) is 0.516. The van der Waals surface area contributed by atoms with E-state index >= 15 is 0 Å². The summed E-state index contributed by atoms with van der Waals surface area (Å²) in [5.74, 6) is 0.407. The maximum absolute atomic E-state index is 13.0. The zero-order valence-corrected chi connectivity index (χ0v) is 20.7. The number of anilines is 1. The van der Waals surface area contributed by atoms with Crippen molar-refractivity contribution in [1.82, 2.24) is 14.7 Å². The van der Waals surface area contributed by atoms with Crippen LogP contribution < -0.4 is 14.4 Å². The van der Waals surface area contributed by atoms with E-state index in [-0.39, 0.29) is 22.0 Å². The average Bonchev–Trinajstić information content (AvgIpc) is 3.05. The van der Waals surface area contributed by atoms with Crippen LogP contribution in [0.25, 0.3) is 0 Å². The number of unbranched alkanes of at least 4 members (excludes halogenated alkanes) is 3. The van der Waals surface area contributed by atoms with Crippen LogP contribution in [-0.4, -0.2) is 43.0 Å². The van der Waals surface area contributed by atoms with Crippen LogP contribution in [0.5, 0.6) is 5.88 Å². The van der Waals surface area contributed by atoms with E-state index in [4.69, 9.17) is 4.74 Å². The maximum Gasteiger partial charge on any atom is 0.281 e. The Kier molecular flexibility index (Phi) is 7.94. The highest BCUT2D eigenvalue weighted by Crippen LogP contribution is 2.37. The Morgan fingerprint density at radius 1 is 1.21 bits per heavy atom. The third kappa shape index (κ3) is 6.22. The summed E-state index contributed by atoms with van der Waals surface area (Å²) in [6, 6.07) is 7.72. The Labute approximate surface area is 196 Å². The van der Waals surface area contributed by atoms with Crippen LogP contribution >= 0.6 is 0 Å². The fraction of sp³-hybridized carbons (Fsp3) is 0.542. The van der Waals surface area contributed by atoms with Crippen molar-refractivity contribution < 1.29 is 17.9 Å². The summed E-state index contributed by atoms with van der Waals surface area (Å²) in [7, 11) is -4.19. The average molecular weight is 475 g/mol. The van der Waals surface area contributed by atoms with Gasteiger partial charge in [-0.1, -0.05) is 39.2 Å². The van der Waals surface area contributed by atoms with Crippen molar-refractivity contribution in [2.24, 2.45) is 5.92 Å². The molecule has 3 rings (SSSR count). The van der Waals surface area contributed by atoms with E-state index in [9.17, 15) is 13.2 Å². The Hall–Kier alpha value is -2.68. The van der Waals surface area contributed by atoms with Crippen molar-refractivity contribution >= 4 is 21.7 Å². The minimum absolute atomic E-state index is 0.188. The van der Waals surface area contributed by atoms with Crippen molar-refractivity contribution in [3.8, 4) is 5.88 Å². The van der Waals surface area contributed by atoms with Gasteiger partial charge in [0.2, 0.25) is 5.88 Å². The number of nitrogens with one attached hydrogen (secondary N) is 1. The van der Waals surface area contributed by atoms with Gasteiger partial charge in [-0.25, -0.2) is 9.71 Å². The SMILES string of the molecule is CCCCCCOc1cccc(S(=O)(=O)NC(=O)c2cccnc2N2CC(C)CC2(C)C)n1. The lowest BCUT2D eigenvalue weighted by molar-refractivity contribution is 0.0981. The van der Waals surface area contributed by atoms with Gasteiger partial charge in [0.1, 0.15) is 5.82 Å². The predicted molar refractivity (Wildman–Crippen MR) is 128 cm³/mol. The largest absolute Gasteiger partial charge is 0.478 e. The number of pyridine rings is 2. The molecular formula is C24H34N4O4S. The number of sulfonamides is 1. The van der Waals surface area contributed by atoms with Crippen LogP contribution in [0.2, 0.25) is 0 Å². The number of amides is 1. The molecule has 1 aliphatic heterocycles. The molecule has 1 N–H and O–H groups in total. The first kappa shape index (κ1) is 25.0. The van der Waals surface area contributed by atoms with Gasteiger partial charge in [0.15, 0.2) is 5.03 Å². The number of ether oxygens (including phenoxy) is 1. The van der Waals surface area contributed by atoms with Crippen LogP contribution in [0.15, 0.2) is 41.6 Å². The molecule has 0 saturated carbocycles. The Balaban J connectivity index is 1.75. The topological polar surface area (TPSA) is 101 Å². The number of rotatable bonds is 10. The molecule has 1 atom stereocenters. The van der Waals surface area contributed by atoms with Gasteiger partial charge in [-0.2, -0.15) is 13.4 Å². The van der Waals surface area contributed by atoms with Crippen molar-refractivity contribution in [3.63, 3.8) is 0 Å². The van der Waals surface area contributed by atoms with E-state index < -0.39 is 15.9 Å². The van der Waals surface area contributed by atoms with Crippen LogP contribution in [0, 0.1) is 5.92 Å². The van der Waals surface area contributed by atoms with Crippen LogP contribution in [-0.2, 0) is 10.0 Å². The molecule has 1 fully saturated rings. The standard InChI is InChI=1S/C24H34N4O4S/c1-5-6-7-8-15-32-20-12-9-13-21(26-20)33(30,31)27-23(29)19-11-10-14-25-22(19)28-17-18(2)16-24(28,3)4/h9-14,18H,5-8,15-17H2,1-4H3,(H,27,29). The fourth-order valence-corrected chi connectivity index (χ4v) is 5.24. The second-order valence-electron chi connectivity index (χ2n) is 9.26. The van der Waals surface area contributed by atoms with E-state index in [2.05, 4.69) is 47.3 Å². The normalized spacial score (nSPS) is 17.7. The molecule has 180 valence electrons. The second kappa shape index (κ2) is 10.5. The highest BCUT2D eigenvalue weighted by molar-refractivity contribution is 7.90. The molecule has 1 amide bonds. The van der Waals surface area contributed by atoms with Crippen molar-refractivity contribution in [1.29, 1.82) is 0 Å². The molecule has 1 unspecified atom stereocenters. The number of hydrogen-bond acceptors (Lipinski definition) is 7. The number of carbonyl (C=O) groups excluding carboxylic acids is 1. The summed E-state index contributed by atoms with van der Waals surface area (Å²) >= 11 is 0. The summed E-state index contributed by atoms with van der Waals surface area (Å²) in [5.41, 5.74) is 0.0260. The molecule has 1 saturated heterocycles. The van der Waals surface area contributed by atoms with Crippen LogP contribution in [0.4, 0.5) is 5.82 Å². The molecule has 3 heterocycles. The monoisotopic (exact) mass is 474 g/mol. The molecule has 0 aromatic carbocycles. The summed E-state index contributed by atoms with van der Waals surface area (Å²) in [5, 5.41) is -0.262. The Morgan fingerprint density at radius 2 is 2.00 bits per heavy atom. The van der Waals surface area contributed by atoms with Crippen molar-refractivity contribution in [2.45, 2.75) is 70.4 Å². The van der Waals surface area contributed by atoms with Gasteiger partial charge in [-0.05, 0) is 50.8 Å². The Morgan fingerprint density at radius 3 is 2.70 bits per heavy atom. The third-order valence-corrected chi connectivity index (χ3v) is 7.04. The van der Waals surface area contributed by atoms with Gasteiger partial charge < -0.3 is 9.64 Å². The summed E-state index contributed by atoms with van der Waals surface area (Å²) in [6.45, 7) is 9.69. The van der Waals surface area contributed by atoms with Gasteiger partial charge in [0.05, 0.1) is 12.2 Å². The molecule has 0 aliphatic carbocycles. The van der Waals surface area contributed by atoms with E-state index in [1.165, 1.54) is 6.07 Å². The molecule has 33 heavy (non-hydrogen) atoms. The predicted octanol–water partition coefficient (Wildman–Crippen LogP) is 4.18. The van der Waals surface area contributed by atoms with Crippen LogP contribution in [0.1, 0.15) is 70.2 Å². The van der Waals surface area contributed by atoms with Gasteiger partial charge in [0.25, 0.3) is 15.9 Å². The zero-order chi connectivity index (χ0) is 24.1. The molecule has 0 radical (unpaired) electrons. The van der Waals surface area contributed by atoms with E-state index in [0.29, 0.717) is 18.3 Å². The molecule has 0 bridgehead atoms. The number of hydrogen-bond donors (Lipinski definition) is 1. The van der Waals surface area contributed by atoms with Crippen molar-refractivity contribution in [3.05, 3.63) is 42.1 Å². The number of nitrogens with zero attached hydrogens (tertiary/aromatic N) is 3. The summed E-state index contributed by atoms with van der Waals surface area (Å²) in [4.78, 5) is 23.6. The summed E-state index contributed by atoms with van der Waals surface area (Å²) in [6.07, 6.45) is 6.74. The highest BCUT2D eigenvalue weighted by Gasteiger charge is 2.39. The molecule has 1 aliphatic rings. The molecule has 2 aromatic rings. The van der Waals surface area contributed by atoms with E-state index in [1.807, 2.05) is 0 Å². The van der Waals surface area contributed by atoms with E-state index in [0.717, 1.165) is 38.6 Å². The van der Waals surface area contributed by atoms with Crippen LogP contribution in [0.3, 0.4) is 0 Å². The lowest BCUT2D eigenvalue weighted by Crippen LogP contribution is -2.41. The lowest BCUT2D eigenvalue weighted by Gasteiger charge is -2.33. The molecule has 0 spiro atoms. The number of carbonyl (C=O) groups is 1. The highest BCUT2D eigenvalue weighted by atomic mass is 32.2. The lowest BCUT2D eigenvalue weighted by atomic mass is 9.97. The minimum Gasteiger partial charge on any atom is -0.478 e. The number of aromatic nitrogens is 2. The fourth-order valence-electron chi connectivity index (χ4n) is 4.31. The van der Waals surface area contributed by atoms with Gasteiger partial charge >= 0.3 is 0 Å². The first-order valence-corrected chi connectivity index (χ1v) is 13.0. The van der Waals surface area contributed by atoms with Crippen molar-refractivity contribution in [2.75, 3.05) is 18.1 Å². The first-order chi connectivity index (χ1) is 15.6. The maximum atomic E-state index is 13.0. The summed E-state index contributed by atoms with van der Waals surface area (Å²) < 4.78 is 33.6. The third-order valence-electron chi connectivity index (χ3n) is 5.81. The molecule has 2 aromatic heterocycles. The molecular weight excluding hydrogens is 440 g/mol. The molecule has 9 heteroatoms. The van der Waals surface area contributed by atoms with Gasteiger partial charge in [-0.15, -0.1) is 0 Å². The van der Waals surface area contributed by atoms with E-state index in [1.54, 1.807) is 30.5 Å². The minimum atomic E-state index is -4.19.